The van der Waals surface area contributed by atoms with Crippen LogP contribution in [-0.2, 0) is 0 Å². The van der Waals surface area contributed by atoms with Crippen LogP contribution in [0.1, 0.15) is 13.3 Å². The Hall–Kier alpha value is -1.03. The Balaban J connectivity index is 1.72. The van der Waals surface area contributed by atoms with Crippen LogP contribution >= 0.6 is 0 Å². The molecule has 4 nitrogen and oxygen atoms in total. The molecule has 4 heteroatoms. The van der Waals surface area contributed by atoms with Crippen molar-refractivity contribution in [2.75, 3.05) is 31.5 Å². The number of H-pyrrole nitrogens is 1. The highest BCUT2D eigenvalue weighted by Gasteiger charge is 2.20. The molecule has 0 aromatic carbocycles. The number of imidazole rings is 1. The van der Waals surface area contributed by atoms with Gasteiger partial charge in [0.15, 0.2) is 5.95 Å². The number of aromatic nitrogens is 2. The number of aromatic amines is 1. The van der Waals surface area contributed by atoms with Gasteiger partial charge in [-0.05, 0) is 25.4 Å². The molecule has 1 aliphatic rings. The summed E-state index contributed by atoms with van der Waals surface area (Å²) in [5.41, 5.74) is 0. The lowest BCUT2D eigenvalue weighted by Gasteiger charge is -2.13. The fraction of sp³-hybridized carbons (Fsp3) is 0.700. The Morgan fingerprint density at radius 1 is 1.71 bits per heavy atom. The van der Waals surface area contributed by atoms with E-state index < -0.39 is 0 Å². The standard InChI is InChI=1S/C10H18N4/c1-2-14-6-3-9(8-14)7-13-10-11-4-5-12-10/h4-5,9H,2-3,6-8H2,1H3,(H2,11,12,13). The second-order valence-electron chi connectivity index (χ2n) is 3.87. The van der Waals surface area contributed by atoms with Gasteiger partial charge in [-0.2, -0.15) is 0 Å². The summed E-state index contributed by atoms with van der Waals surface area (Å²) in [6.45, 7) is 6.91. The van der Waals surface area contributed by atoms with Crippen molar-refractivity contribution in [3.8, 4) is 0 Å². The predicted octanol–water partition coefficient (Wildman–Crippen LogP) is 1.16. The Kier molecular flexibility index (Phi) is 3.03. The molecule has 1 aromatic heterocycles. The quantitative estimate of drug-likeness (QED) is 0.756. The first-order valence-electron chi connectivity index (χ1n) is 5.34. The Labute approximate surface area is 84.7 Å². The van der Waals surface area contributed by atoms with E-state index in [0.29, 0.717) is 0 Å². The number of hydrogen-bond donors (Lipinski definition) is 2. The molecule has 2 rings (SSSR count). The van der Waals surface area contributed by atoms with Gasteiger partial charge in [0.2, 0.25) is 0 Å². The maximum Gasteiger partial charge on any atom is 0.200 e. The lowest BCUT2D eigenvalue weighted by atomic mass is 10.1. The van der Waals surface area contributed by atoms with Crippen molar-refractivity contribution in [3.05, 3.63) is 12.4 Å². The van der Waals surface area contributed by atoms with Crippen LogP contribution in [0.3, 0.4) is 0 Å². The van der Waals surface area contributed by atoms with E-state index in [-0.39, 0.29) is 0 Å². The Morgan fingerprint density at radius 2 is 2.64 bits per heavy atom. The van der Waals surface area contributed by atoms with Crippen LogP contribution in [0.2, 0.25) is 0 Å². The highest BCUT2D eigenvalue weighted by molar-refractivity contribution is 5.22. The summed E-state index contributed by atoms with van der Waals surface area (Å²) in [6.07, 6.45) is 4.92. The second kappa shape index (κ2) is 4.46. The predicted molar refractivity (Wildman–Crippen MR) is 57.3 cm³/mol. The molecule has 78 valence electrons. The first kappa shape index (κ1) is 9.52. The lowest BCUT2D eigenvalue weighted by molar-refractivity contribution is 0.345. The third-order valence-corrected chi connectivity index (χ3v) is 2.87. The average molecular weight is 194 g/mol. The molecule has 1 atom stereocenters. The van der Waals surface area contributed by atoms with Crippen molar-refractivity contribution in [1.29, 1.82) is 0 Å². The zero-order chi connectivity index (χ0) is 9.80. The van der Waals surface area contributed by atoms with Crippen molar-refractivity contribution in [1.82, 2.24) is 14.9 Å². The number of rotatable bonds is 4. The van der Waals surface area contributed by atoms with Gasteiger partial charge >= 0.3 is 0 Å². The molecular weight excluding hydrogens is 176 g/mol. The number of nitrogens with one attached hydrogen (secondary N) is 2. The van der Waals surface area contributed by atoms with Gasteiger partial charge in [-0.15, -0.1) is 0 Å². The van der Waals surface area contributed by atoms with Gasteiger partial charge in [0, 0.05) is 25.5 Å². The molecule has 1 unspecified atom stereocenters. The molecule has 1 aliphatic heterocycles. The largest absolute Gasteiger partial charge is 0.356 e. The van der Waals surface area contributed by atoms with Crippen LogP contribution in [0.15, 0.2) is 12.4 Å². The summed E-state index contributed by atoms with van der Waals surface area (Å²) in [5.74, 6) is 1.67. The van der Waals surface area contributed by atoms with Gasteiger partial charge in [0.1, 0.15) is 0 Å². The van der Waals surface area contributed by atoms with E-state index in [0.717, 1.165) is 18.4 Å². The van der Waals surface area contributed by atoms with Gasteiger partial charge in [0.25, 0.3) is 0 Å². The minimum absolute atomic E-state index is 0.778. The fourth-order valence-electron chi connectivity index (χ4n) is 1.97. The smallest absolute Gasteiger partial charge is 0.200 e. The third-order valence-electron chi connectivity index (χ3n) is 2.87. The van der Waals surface area contributed by atoms with Crippen LogP contribution in [0.5, 0.6) is 0 Å². The Bertz CT molecular complexity index is 257. The molecule has 0 spiro atoms. The molecule has 0 bridgehead atoms. The topological polar surface area (TPSA) is 44.0 Å². The van der Waals surface area contributed by atoms with Crippen LogP contribution in [0.4, 0.5) is 5.95 Å². The first-order valence-corrected chi connectivity index (χ1v) is 5.34. The van der Waals surface area contributed by atoms with Gasteiger partial charge < -0.3 is 15.2 Å². The number of likely N-dealkylation sites (tertiary alicyclic amines) is 1. The van der Waals surface area contributed by atoms with Gasteiger partial charge in [-0.1, -0.05) is 6.92 Å². The molecular formula is C10H18N4. The van der Waals surface area contributed by atoms with E-state index in [1.807, 2.05) is 6.20 Å². The number of nitrogens with zero attached hydrogens (tertiary/aromatic N) is 2. The van der Waals surface area contributed by atoms with Gasteiger partial charge in [-0.3, -0.25) is 0 Å². The Morgan fingerprint density at radius 3 is 3.29 bits per heavy atom. The molecule has 1 aromatic rings. The highest BCUT2D eigenvalue weighted by Crippen LogP contribution is 2.15. The van der Waals surface area contributed by atoms with E-state index in [4.69, 9.17) is 0 Å². The zero-order valence-corrected chi connectivity index (χ0v) is 8.66. The average Bonchev–Trinajstić information content (AvgIpc) is 2.86. The van der Waals surface area contributed by atoms with Crippen molar-refractivity contribution < 1.29 is 0 Å². The van der Waals surface area contributed by atoms with E-state index in [2.05, 4.69) is 27.1 Å². The van der Waals surface area contributed by atoms with Crippen LogP contribution < -0.4 is 5.32 Å². The molecule has 1 fully saturated rings. The van der Waals surface area contributed by atoms with Crippen LogP contribution in [0.25, 0.3) is 0 Å². The summed E-state index contributed by atoms with van der Waals surface area (Å²) < 4.78 is 0. The van der Waals surface area contributed by atoms with Crippen molar-refractivity contribution in [2.45, 2.75) is 13.3 Å². The van der Waals surface area contributed by atoms with Gasteiger partial charge in [0.05, 0.1) is 0 Å². The van der Waals surface area contributed by atoms with E-state index >= 15 is 0 Å². The van der Waals surface area contributed by atoms with Crippen molar-refractivity contribution >= 4 is 5.95 Å². The summed E-state index contributed by atoms with van der Waals surface area (Å²) in [4.78, 5) is 9.68. The normalized spacial score (nSPS) is 22.8. The maximum atomic E-state index is 4.14. The fourth-order valence-corrected chi connectivity index (χ4v) is 1.97. The second-order valence-corrected chi connectivity index (χ2v) is 3.87. The molecule has 2 N–H and O–H groups in total. The molecule has 0 radical (unpaired) electrons. The maximum absolute atomic E-state index is 4.14. The zero-order valence-electron chi connectivity index (χ0n) is 8.66. The summed E-state index contributed by atoms with van der Waals surface area (Å²) in [7, 11) is 0. The van der Waals surface area contributed by atoms with Crippen molar-refractivity contribution in [3.63, 3.8) is 0 Å². The number of hydrogen-bond acceptors (Lipinski definition) is 3. The molecule has 2 heterocycles. The third kappa shape index (κ3) is 2.26. The highest BCUT2D eigenvalue weighted by atomic mass is 15.2. The summed E-state index contributed by atoms with van der Waals surface area (Å²) >= 11 is 0. The van der Waals surface area contributed by atoms with Crippen molar-refractivity contribution in [2.24, 2.45) is 5.92 Å². The van der Waals surface area contributed by atoms with E-state index in [1.165, 1.54) is 26.1 Å². The SMILES string of the molecule is CCN1CCC(CNc2ncc[nH]2)C1. The number of anilines is 1. The summed E-state index contributed by atoms with van der Waals surface area (Å²) in [6, 6.07) is 0. The summed E-state index contributed by atoms with van der Waals surface area (Å²) in [5, 5.41) is 3.32. The molecule has 1 saturated heterocycles. The molecule has 0 saturated carbocycles. The minimum atomic E-state index is 0.778. The van der Waals surface area contributed by atoms with Crippen LogP contribution in [0, 0.1) is 5.92 Å². The first-order chi connectivity index (χ1) is 6.88. The molecule has 14 heavy (non-hydrogen) atoms. The van der Waals surface area contributed by atoms with E-state index in [1.54, 1.807) is 6.20 Å². The van der Waals surface area contributed by atoms with E-state index in [9.17, 15) is 0 Å². The van der Waals surface area contributed by atoms with Gasteiger partial charge in [-0.25, -0.2) is 4.98 Å². The molecule has 0 aliphatic carbocycles. The molecule has 0 amide bonds. The minimum Gasteiger partial charge on any atom is -0.356 e. The monoisotopic (exact) mass is 194 g/mol. The van der Waals surface area contributed by atoms with Crippen LogP contribution in [-0.4, -0.2) is 41.0 Å². The lowest BCUT2D eigenvalue weighted by Crippen LogP contribution is -2.22.